The smallest absolute Gasteiger partial charge is 0.293 e. The molecule has 1 heterocycles. The van der Waals surface area contributed by atoms with Crippen molar-refractivity contribution in [2.45, 2.75) is 6.04 Å². The maximum Gasteiger partial charge on any atom is 0.293 e. The van der Waals surface area contributed by atoms with Crippen LogP contribution in [0.15, 0.2) is 60.2 Å². The van der Waals surface area contributed by atoms with E-state index < -0.39 is 17.7 Å². The number of benzene rings is 2. The third-order valence-electron chi connectivity index (χ3n) is 3.52. The van der Waals surface area contributed by atoms with Gasteiger partial charge in [0.2, 0.25) is 0 Å². The second kappa shape index (κ2) is 5.66. The SMILES string of the molecule is O=C1NC(c2ccccc2)C(=C(O)c2ccc(Cl)cc2)C1=O. The maximum atomic E-state index is 12.1. The molecule has 5 heteroatoms. The number of nitrogens with one attached hydrogen (secondary N) is 1. The highest BCUT2D eigenvalue weighted by atomic mass is 35.5. The molecule has 2 aromatic rings. The fourth-order valence-corrected chi connectivity index (χ4v) is 2.55. The van der Waals surface area contributed by atoms with Gasteiger partial charge in [-0.25, -0.2) is 0 Å². The standard InChI is InChI=1S/C17H12ClNO3/c18-12-8-6-11(7-9-12)15(20)13-14(19-17(22)16(13)21)10-4-2-1-3-5-10/h1-9,14,20H,(H,19,22). The first kappa shape index (κ1) is 14.4. The van der Waals surface area contributed by atoms with Gasteiger partial charge in [-0.2, -0.15) is 0 Å². The lowest BCUT2D eigenvalue weighted by atomic mass is 9.96. The van der Waals surface area contributed by atoms with Crippen LogP contribution in [0.5, 0.6) is 0 Å². The first-order chi connectivity index (χ1) is 10.6. The molecule has 1 amide bonds. The second-order valence-corrected chi connectivity index (χ2v) is 5.35. The van der Waals surface area contributed by atoms with E-state index in [0.717, 1.165) is 5.56 Å². The van der Waals surface area contributed by atoms with Gasteiger partial charge in [0.05, 0.1) is 11.6 Å². The molecular weight excluding hydrogens is 302 g/mol. The van der Waals surface area contributed by atoms with Crippen molar-refractivity contribution in [3.05, 3.63) is 76.3 Å². The Morgan fingerprint density at radius 1 is 1.00 bits per heavy atom. The summed E-state index contributed by atoms with van der Waals surface area (Å²) in [6.07, 6.45) is 0. The molecule has 1 unspecified atom stereocenters. The van der Waals surface area contributed by atoms with Crippen molar-refractivity contribution in [1.29, 1.82) is 0 Å². The average molecular weight is 314 g/mol. The Hall–Kier alpha value is -2.59. The van der Waals surface area contributed by atoms with Crippen molar-refractivity contribution < 1.29 is 14.7 Å². The number of halogens is 1. The number of Topliss-reactive ketones (excluding diaryl/α,β-unsaturated/α-hetero) is 1. The Morgan fingerprint density at radius 2 is 1.64 bits per heavy atom. The molecule has 0 saturated carbocycles. The summed E-state index contributed by atoms with van der Waals surface area (Å²) in [4.78, 5) is 23.8. The third-order valence-corrected chi connectivity index (χ3v) is 3.77. The molecular formula is C17H12ClNO3. The van der Waals surface area contributed by atoms with Gasteiger partial charge in [-0.3, -0.25) is 9.59 Å². The van der Waals surface area contributed by atoms with Crippen LogP contribution in [-0.4, -0.2) is 16.8 Å². The summed E-state index contributed by atoms with van der Waals surface area (Å²) in [6.45, 7) is 0. The highest BCUT2D eigenvalue weighted by molar-refractivity contribution is 6.46. The van der Waals surface area contributed by atoms with Crippen LogP contribution in [0.4, 0.5) is 0 Å². The molecule has 2 N–H and O–H groups in total. The Morgan fingerprint density at radius 3 is 2.27 bits per heavy atom. The quantitative estimate of drug-likeness (QED) is 0.509. The van der Waals surface area contributed by atoms with E-state index in [1.807, 2.05) is 6.07 Å². The summed E-state index contributed by atoms with van der Waals surface area (Å²) >= 11 is 5.82. The lowest BCUT2D eigenvalue weighted by molar-refractivity contribution is -0.133. The van der Waals surface area contributed by atoms with Gasteiger partial charge in [-0.1, -0.05) is 41.9 Å². The zero-order chi connectivity index (χ0) is 15.7. The molecule has 0 spiro atoms. The second-order valence-electron chi connectivity index (χ2n) is 4.92. The van der Waals surface area contributed by atoms with E-state index in [9.17, 15) is 14.7 Å². The van der Waals surface area contributed by atoms with Gasteiger partial charge in [0.25, 0.3) is 11.7 Å². The largest absolute Gasteiger partial charge is 0.507 e. The fourth-order valence-electron chi connectivity index (χ4n) is 2.43. The van der Waals surface area contributed by atoms with Crippen molar-refractivity contribution in [1.82, 2.24) is 5.32 Å². The summed E-state index contributed by atoms with van der Waals surface area (Å²) in [5.41, 5.74) is 1.22. The van der Waals surface area contributed by atoms with E-state index in [0.29, 0.717) is 10.6 Å². The molecule has 3 rings (SSSR count). The number of carbonyl (C=O) groups is 2. The van der Waals surface area contributed by atoms with Gasteiger partial charge < -0.3 is 10.4 Å². The zero-order valence-electron chi connectivity index (χ0n) is 11.4. The molecule has 0 aromatic heterocycles. The number of hydrogen-bond donors (Lipinski definition) is 2. The van der Waals surface area contributed by atoms with E-state index in [1.165, 1.54) is 0 Å². The molecule has 1 saturated heterocycles. The molecule has 22 heavy (non-hydrogen) atoms. The van der Waals surface area contributed by atoms with Crippen LogP contribution >= 0.6 is 11.6 Å². The first-order valence-electron chi connectivity index (χ1n) is 6.67. The highest BCUT2D eigenvalue weighted by Crippen LogP contribution is 2.32. The minimum absolute atomic E-state index is 0.0542. The average Bonchev–Trinajstić information content (AvgIpc) is 2.84. The number of amides is 1. The zero-order valence-corrected chi connectivity index (χ0v) is 12.2. The molecule has 1 aliphatic rings. The minimum Gasteiger partial charge on any atom is -0.507 e. The van der Waals surface area contributed by atoms with Gasteiger partial charge >= 0.3 is 0 Å². The van der Waals surface area contributed by atoms with E-state index in [1.54, 1.807) is 48.5 Å². The van der Waals surface area contributed by atoms with Crippen molar-refractivity contribution in [3.8, 4) is 0 Å². The Balaban J connectivity index is 2.11. The van der Waals surface area contributed by atoms with E-state index in [4.69, 9.17) is 11.6 Å². The van der Waals surface area contributed by atoms with Crippen molar-refractivity contribution in [2.75, 3.05) is 0 Å². The summed E-state index contributed by atoms with van der Waals surface area (Å²) < 4.78 is 0. The molecule has 0 radical (unpaired) electrons. The summed E-state index contributed by atoms with van der Waals surface area (Å²) in [5.74, 6) is -1.65. The molecule has 1 fully saturated rings. The number of aliphatic hydroxyl groups excluding tert-OH is 1. The summed E-state index contributed by atoms with van der Waals surface area (Å²) in [5, 5.41) is 13.6. The number of rotatable bonds is 2. The molecule has 0 aliphatic carbocycles. The molecule has 1 atom stereocenters. The molecule has 1 aliphatic heterocycles. The van der Waals surface area contributed by atoms with E-state index >= 15 is 0 Å². The number of hydrogen-bond acceptors (Lipinski definition) is 3. The van der Waals surface area contributed by atoms with Crippen molar-refractivity contribution in [3.63, 3.8) is 0 Å². The van der Waals surface area contributed by atoms with Crippen molar-refractivity contribution >= 4 is 29.1 Å². The van der Waals surface area contributed by atoms with E-state index in [-0.39, 0.29) is 11.3 Å². The molecule has 2 aromatic carbocycles. The summed E-state index contributed by atoms with van der Waals surface area (Å²) in [7, 11) is 0. The topological polar surface area (TPSA) is 66.4 Å². The normalized spacial score (nSPS) is 20.0. The Labute approximate surface area is 132 Å². The highest BCUT2D eigenvalue weighted by Gasteiger charge is 2.39. The monoisotopic (exact) mass is 313 g/mol. The van der Waals surface area contributed by atoms with Crippen LogP contribution in [0.3, 0.4) is 0 Å². The van der Waals surface area contributed by atoms with Crippen LogP contribution in [-0.2, 0) is 9.59 Å². The molecule has 110 valence electrons. The van der Waals surface area contributed by atoms with Gasteiger partial charge in [-0.15, -0.1) is 0 Å². The lowest BCUT2D eigenvalue weighted by Gasteiger charge is -2.13. The van der Waals surface area contributed by atoms with Crippen molar-refractivity contribution in [2.24, 2.45) is 0 Å². The van der Waals surface area contributed by atoms with Gasteiger partial charge in [0.1, 0.15) is 5.76 Å². The molecule has 4 nitrogen and oxygen atoms in total. The number of ketones is 1. The maximum absolute atomic E-state index is 12.1. The van der Waals surface area contributed by atoms with Gasteiger partial charge in [0.15, 0.2) is 0 Å². The first-order valence-corrected chi connectivity index (χ1v) is 7.05. The van der Waals surface area contributed by atoms with Crippen LogP contribution in [0.25, 0.3) is 5.76 Å². The Kier molecular flexibility index (Phi) is 3.69. The van der Waals surface area contributed by atoms with Crippen LogP contribution < -0.4 is 5.32 Å². The van der Waals surface area contributed by atoms with Crippen LogP contribution in [0, 0.1) is 0 Å². The fraction of sp³-hybridized carbons (Fsp3) is 0.0588. The number of aliphatic hydroxyl groups is 1. The lowest BCUT2D eigenvalue weighted by Crippen LogP contribution is -2.21. The van der Waals surface area contributed by atoms with Crippen LogP contribution in [0.2, 0.25) is 5.02 Å². The number of carbonyl (C=O) groups excluding carboxylic acids is 2. The Bertz CT molecular complexity index is 766. The van der Waals surface area contributed by atoms with E-state index in [2.05, 4.69) is 5.32 Å². The van der Waals surface area contributed by atoms with Crippen LogP contribution in [0.1, 0.15) is 17.2 Å². The van der Waals surface area contributed by atoms with Gasteiger partial charge in [0, 0.05) is 10.6 Å². The minimum atomic E-state index is -0.721. The van der Waals surface area contributed by atoms with Gasteiger partial charge in [-0.05, 0) is 29.8 Å². The molecule has 0 bridgehead atoms. The third kappa shape index (κ3) is 2.49. The summed E-state index contributed by atoms with van der Waals surface area (Å²) in [6, 6.07) is 14.8. The predicted octanol–water partition coefficient (Wildman–Crippen LogP) is 3.05. The predicted molar refractivity (Wildman–Crippen MR) is 83.3 cm³/mol.